The second-order valence-electron chi connectivity index (χ2n) is 8.82. The summed E-state index contributed by atoms with van der Waals surface area (Å²) in [5.74, 6) is 3.98. The van der Waals surface area contributed by atoms with Crippen LogP contribution in [0.15, 0.2) is 6.33 Å². The molecule has 2 N–H and O–H groups in total. The molecule has 0 amide bonds. The SMILES string of the molecule is CC(C)CN(CC(C)C)c1ncnc(N(CC(C)C)CC(C)C)c1N. The average Bonchev–Trinajstić information content (AvgIpc) is 2.44. The van der Waals surface area contributed by atoms with E-state index in [0.717, 1.165) is 37.8 Å². The van der Waals surface area contributed by atoms with Gasteiger partial charge >= 0.3 is 0 Å². The van der Waals surface area contributed by atoms with E-state index in [0.29, 0.717) is 29.4 Å². The molecule has 0 aromatic carbocycles. The third-order valence-corrected chi connectivity index (χ3v) is 3.78. The molecule has 5 heteroatoms. The van der Waals surface area contributed by atoms with Gasteiger partial charge in [-0.2, -0.15) is 0 Å². The van der Waals surface area contributed by atoms with Crippen molar-refractivity contribution >= 4 is 17.3 Å². The van der Waals surface area contributed by atoms with Gasteiger partial charge in [0.25, 0.3) is 0 Å². The van der Waals surface area contributed by atoms with Crippen LogP contribution in [0.25, 0.3) is 0 Å². The van der Waals surface area contributed by atoms with Gasteiger partial charge in [0.2, 0.25) is 0 Å². The Hall–Kier alpha value is -1.52. The first-order valence-corrected chi connectivity index (χ1v) is 9.72. The Morgan fingerprint density at radius 1 is 0.680 bits per heavy atom. The summed E-state index contributed by atoms with van der Waals surface area (Å²) < 4.78 is 0. The van der Waals surface area contributed by atoms with Crippen molar-refractivity contribution in [3.05, 3.63) is 6.33 Å². The van der Waals surface area contributed by atoms with Crippen LogP contribution in [0.2, 0.25) is 0 Å². The number of rotatable bonds is 10. The Kier molecular flexibility index (Phi) is 8.46. The van der Waals surface area contributed by atoms with Crippen LogP contribution >= 0.6 is 0 Å². The van der Waals surface area contributed by atoms with E-state index in [2.05, 4.69) is 75.2 Å². The van der Waals surface area contributed by atoms with E-state index in [4.69, 9.17) is 5.73 Å². The fourth-order valence-corrected chi connectivity index (χ4v) is 3.14. The monoisotopic (exact) mass is 349 g/mol. The molecule has 0 atom stereocenters. The van der Waals surface area contributed by atoms with Gasteiger partial charge in [-0.05, 0) is 23.7 Å². The minimum absolute atomic E-state index is 0.555. The largest absolute Gasteiger partial charge is 0.393 e. The van der Waals surface area contributed by atoms with E-state index in [-0.39, 0.29) is 0 Å². The fourth-order valence-electron chi connectivity index (χ4n) is 3.14. The molecule has 0 unspecified atom stereocenters. The van der Waals surface area contributed by atoms with Gasteiger partial charge in [-0.15, -0.1) is 0 Å². The molecule has 1 rings (SSSR count). The lowest BCUT2D eigenvalue weighted by molar-refractivity contribution is 0.544. The summed E-state index contributed by atoms with van der Waals surface area (Å²) in [4.78, 5) is 13.7. The number of nitrogen functional groups attached to an aromatic ring is 1. The highest BCUT2D eigenvalue weighted by Gasteiger charge is 2.21. The number of anilines is 3. The molecule has 0 aliphatic heterocycles. The molecule has 5 nitrogen and oxygen atoms in total. The minimum Gasteiger partial charge on any atom is -0.393 e. The Balaban J connectivity index is 3.23. The van der Waals surface area contributed by atoms with Crippen LogP contribution in [0, 0.1) is 23.7 Å². The number of nitrogens with two attached hydrogens (primary N) is 1. The molecule has 0 spiro atoms. The van der Waals surface area contributed by atoms with Crippen molar-refractivity contribution < 1.29 is 0 Å². The van der Waals surface area contributed by atoms with E-state index in [1.807, 2.05) is 0 Å². The summed E-state index contributed by atoms with van der Waals surface area (Å²) in [5.41, 5.74) is 7.29. The number of nitrogens with zero attached hydrogens (tertiary/aromatic N) is 4. The maximum atomic E-state index is 6.58. The van der Waals surface area contributed by atoms with E-state index < -0.39 is 0 Å². The maximum Gasteiger partial charge on any atom is 0.157 e. The average molecular weight is 350 g/mol. The van der Waals surface area contributed by atoms with E-state index in [1.54, 1.807) is 6.33 Å². The third-order valence-electron chi connectivity index (χ3n) is 3.78. The summed E-state index contributed by atoms with van der Waals surface area (Å²) in [7, 11) is 0. The highest BCUT2D eigenvalue weighted by molar-refractivity contribution is 5.75. The molecule has 144 valence electrons. The smallest absolute Gasteiger partial charge is 0.157 e. The quantitative estimate of drug-likeness (QED) is 0.682. The normalized spacial score (nSPS) is 11.8. The predicted octanol–water partition coefficient (Wildman–Crippen LogP) is 4.30. The fraction of sp³-hybridized carbons (Fsp3) is 0.800. The molecule has 0 aliphatic rings. The Morgan fingerprint density at radius 3 is 1.20 bits per heavy atom. The van der Waals surface area contributed by atoms with Gasteiger partial charge in [0.1, 0.15) is 12.0 Å². The van der Waals surface area contributed by atoms with E-state index in [1.165, 1.54) is 0 Å². The second kappa shape index (κ2) is 9.83. The van der Waals surface area contributed by atoms with Crippen LogP contribution < -0.4 is 15.5 Å². The van der Waals surface area contributed by atoms with Gasteiger partial charge in [-0.3, -0.25) is 0 Å². The Morgan fingerprint density at radius 2 is 0.960 bits per heavy atom. The first kappa shape index (κ1) is 21.5. The first-order valence-electron chi connectivity index (χ1n) is 9.72. The first-order chi connectivity index (χ1) is 11.6. The maximum absolute atomic E-state index is 6.58. The van der Waals surface area contributed by atoms with Crippen LogP contribution in [0.5, 0.6) is 0 Å². The summed E-state index contributed by atoms with van der Waals surface area (Å²) in [5, 5.41) is 0. The number of hydrogen-bond donors (Lipinski definition) is 1. The third kappa shape index (κ3) is 7.09. The molecule has 0 fully saturated rings. The Labute approximate surface area is 155 Å². The molecule has 25 heavy (non-hydrogen) atoms. The molecule has 1 aromatic rings. The van der Waals surface area contributed by atoms with Gasteiger partial charge in [0, 0.05) is 26.2 Å². The minimum atomic E-state index is 0.555. The molecular formula is C20H39N5. The lowest BCUT2D eigenvalue weighted by Gasteiger charge is -2.32. The molecule has 0 bridgehead atoms. The van der Waals surface area contributed by atoms with Gasteiger partial charge in [-0.1, -0.05) is 55.4 Å². The summed E-state index contributed by atoms with van der Waals surface area (Å²) in [6.45, 7) is 21.7. The van der Waals surface area contributed by atoms with Crippen LogP contribution in [-0.2, 0) is 0 Å². The van der Waals surface area contributed by atoms with E-state index in [9.17, 15) is 0 Å². The molecule has 0 aliphatic carbocycles. The van der Waals surface area contributed by atoms with Crippen LogP contribution in [0.3, 0.4) is 0 Å². The van der Waals surface area contributed by atoms with Crippen molar-refractivity contribution in [3.8, 4) is 0 Å². The highest BCUT2D eigenvalue weighted by atomic mass is 15.3. The zero-order chi connectivity index (χ0) is 19.1. The summed E-state index contributed by atoms with van der Waals surface area (Å²) in [6, 6.07) is 0. The summed E-state index contributed by atoms with van der Waals surface area (Å²) in [6.07, 6.45) is 1.67. The molecule has 0 radical (unpaired) electrons. The van der Waals surface area contributed by atoms with E-state index >= 15 is 0 Å². The van der Waals surface area contributed by atoms with Crippen molar-refractivity contribution in [1.82, 2.24) is 9.97 Å². The van der Waals surface area contributed by atoms with Crippen LogP contribution in [0.4, 0.5) is 17.3 Å². The van der Waals surface area contributed by atoms with Crippen molar-refractivity contribution in [2.45, 2.75) is 55.4 Å². The molecule has 0 saturated carbocycles. The van der Waals surface area contributed by atoms with Crippen LogP contribution in [0.1, 0.15) is 55.4 Å². The van der Waals surface area contributed by atoms with Crippen LogP contribution in [-0.4, -0.2) is 36.1 Å². The van der Waals surface area contributed by atoms with Crippen molar-refractivity contribution in [2.24, 2.45) is 23.7 Å². The summed E-state index contributed by atoms with van der Waals surface area (Å²) >= 11 is 0. The molecule has 0 saturated heterocycles. The van der Waals surface area contributed by atoms with Gasteiger partial charge < -0.3 is 15.5 Å². The van der Waals surface area contributed by atoms with Gasteiger partial charge in [0.15, 0.2) is 11.6 Å². The Bertz CT molecular complexity index is 449. The molecular weight excluding hydrogens is 310 g/mol. The molecule has 1 heterocycles. The van der Waals surface area contributed by atoms with Crippen molar-refractivity contribution in [3.63, 3.8) is 0 Å². The lowest BCUT2D eigenvalue weighted by Crippen LogP contribution is -2.35. The lowest BCUT2D eigenvalue weighted by atomic mass is 10.1. The second-order valence-corrected chi connectivity index (χ2v) is 8.82. The van der Waals surface area contributed by atoms with Gasteiger partial charge in [0.05, 0.1) is 0 Å². The van der Waals surface area contributed by atoms with Crippen molar-refractivity contribution in [1.29, 1.82) is 0 Å². The predicted molar refractivity (Wildman–Crippen MR) is 110 cm³/mol. The number of hydrogen-bond acceptors (Lipinski definition) is 5. The zero-order valence-corrected chi connectivity index (χ0v) is 17.6. The zero-order valence-electron chi connectivity index (χ0n) is 17.6. The topological polar surface area (TPSA) is 58.3 Å². The standard InChI is InChI=1S/C20H39N5/c1-14(2)9-24(10-15(3)4)19-18(21)20(23-13-22-19)25(11-16(5)6)12-17(7)8/h13-17H,9-12,21H2,1-8H3. The molecule has 1 aromatic heterocycles. The van der Waals surface area contributed by atoms with Gasteiger partial charge in [-0.25, -0.2) is 9.97 Å². The highest BCUT2D eigenvalue weighted by Crippen LogP contribution is 2.31. The van der Waals surface area contributed by atoms with Crippen molar-refractivity contribution in [2.75, 3.05) is 41.7 Å². The number of aromatic nitrogens is 2.